The average molecular weight is 434 g/mol. The SMILES string of the molecule is COCCCN1C(=O)C(=O)/C(=C(/O)c2cc(Cl)ccc2OC)C1c1ccc(F)cc1. The molecule has 0 aromatic heterocycles. The molecule has 1 saturated heterocycles. The third-order valence-electron chi connectivity index (χ3n) is 4.89. The number of ether oxygens (including phenoxy) is 2. The number of carbonyl (C=O) groups is 2. The van der Waals surface area contributed by atoms with E-state index >= 15 is 0 Å². The molecule has 2 aromatic rings. The van der Waals surface area contributed by atoms with Crippen LogP contribution in [0.25, 0.3) is 5.76 Å². The summed E-state index contributed by atoms with van der Waals surface area (Å²) in [5, 5.41) is 11.4. The number of aliphatic hydroxyl groups excluding tert-OH is 1. The van der Waals surface area contributed by atoms with Crippen LogP contribution in [0.15, 0.2) is 48.0 Å². The molecule has 0 saturated carbocycles. The number of halogens is 2. The summed E-state index contributed by atoms with van der Waals surface area (Å²) in [4.78, 5) is 27.0. The van der Waals surface area contributed by atoms with Gasteiger partial charge in [-0.25, -0.2) is 4.39 Å². The predicted octanol–water partition coefficient (Wildman–Crippen LogP) is 3.95. The number of aliphatic hydroxyl groups is 1. The lowest BCUT2D eigenvalue weighted by Gasteiger charge is -2.25. The van der Waals surface area contributed by atoms with E-state index in [1.165, 1.54) is 49.5 Å². The second-order valence-corrected chi connectivity index (χ2v) is 7.17. The summed E-state index contributed by atoms with van der Waals surface area (Å²) >= 11 is 6.07. The molecule has 6 nitrogen and oxygen atoms in total. The number of Topliss-reactive ketones (excluding diaryl/α,β-unsaturated/α-hetero) is 1. The molecule has 1 atom stereocenters. The highest BCUT2D eigenvalue weighted by molar-refractivity contribution is 6.46. The first-order valence-corrected chi connectivity index (χ1v) is 9.63. The van der Waals surface area contributed by atoms with Gasteiger partial charge in [0.1, 0.15) is 17.3 Å². The Kier molecular flexibility index (Phi) is 6.74. The van der Waals surface area contributed by atoms with Crippen LogP contribution in [0.1, 0.15) is 23.6 Å². The van der Waals surface area contributed by atoms with Gasteiger partial charge in [-0.2, -0.15) is 0 Å². The molecule has 0 radical (unpaired) electrons. The first-order chi connectivity index (χ1) is 14.4. The summed E-state index contributed by atoms with van der Waals surface area (Å²) in [6.07, 6.45) is 0.488. The van der Waals surface area contributed by atoms with Crippen molar-refractivity contribution in [2.24, 2.45) is 0 Å². The Morgan fingerprint density at radius 1 is 1.17 bits per heavy atom. The molecule has 0 spiro atoms. The van der Waals surface area contributed by atoms with Crippen molar-refractivity contribution in [3.63, 3.8) is 0 Å². The van der Waals surface area contributed by atoms with Crippen molar-refractivity contribution in [2.45, 2.75) is 12.5 Å². The van der Waals surface area contributed by atoms with E-state index in [0.29, 0.717) is 29.4 Å². The molecule has 0 bridgehead atoms. The Morgan fingerprint density at radius 2 is 1.87 bits per heavy atom. The monoisotopic (exact) mass is 433 g/mol. The zero-order chi connectivity index (χ0) is 21.8. The minimum absolute atomic E-state index is 0.107. The number of hydrogen-bond donors (Lipinski definition) is 1. The van der Waals surface area contributed by atoms with Gasteiger partial charge in [-0.3, -0.25) is 9.59 Å². The third kappa shape index (κ3) is 4.17. The number of rotatable bonds is 7. The molecule has 158 valence electrons. The fourth-order valence-electron chi connectivity index (χ4n) is 3.49. The van der Waals surface area contributed by atoms with Crippen LogP contribution in [-0.2, 0) is 14.3 Å². The van der Waals surface area contributed by atoms with E-state index in [9.17, 15) is 19.1 Å². The summed E-state index contributed by atoms with van der Waals surface area (Å²) in [5.74, 6) is -2.15. The normalized spacial score (nSPS) is 18.1. The maximum atomic E-state index is 13.5. The van der Waals surface area contributed by atoms with Crippen LogP contribution >= 0.6 is 11.6 Å². The van der Waals surface area contributed by atoms with Crippen LogP contribution in [0.2, 0.25) is 5.02 Å². The maximum absolute atomic E-state index is 13.5. The molecule has 8 heteroatoms. The molecule has 0 aliphatic carbocycles. The van der Waals surface area contributed by atoms with E-state index in [0.717, 1.165) is 0 Å². The van der Waals surface area contributed by atoms with E-state index in [1.807, 2.05) is 0 Å². The van der Waals surface area contributed by atoms with Crippen molar-refractivity contribution in [1.82, 2.24) is 4.90 Å². The highest BCUT2D eigenvalue weighted by Crippen LogP contribution is 2.41. The van der Waals surface area contributed by atoms with Gasteiger partial charge < -0.3 is 19.5 Å². The molecule has 1 fully saturated rings. The van der Waals surface area contributed by atoms with Crippen molar-refractivity contribution in [2.75, 3.05) is 27.4 Å². The Hall–Kier alpha value is -2.90. The molecule has 1 N–H and O–H groups in total. The van der Waals surface area contributed by atoms with Gasteiger partial charge in [0.25, 0.3) is 11.7 Å². The molecule has 1 heterocycles. The lowest BCUT2D eigenvalue weighted by molar-refractivity contribution is -0.140. The average Bonchev–Trinajstić information content (AvgIpc) is 2.99. The number of hydrogen-bond acceptors (Lipinski definition) is 5. The van der Waals surface area contributed by atoms with Crippen LogP contribution in [0.3, 0.4) is 0 Å². The second-order valence-electron chi connectivity index (χ2n) is 6.73. The van der Waals surface area contributed by atoms with Crippen LogP contribution in [0.4, 0.5) is 4.39 Å². The van der Waals surface area contributed by atoms with E-state index in [-0.39, 0.29) is 17.7 Å². The summed E-state index contributed by atoms with van der Waals surface area (Å²) < 4.78 is 23.8. The first kappa shape index (κ1) is 21.8. The van der Waals surface area contributed by atoms with Gasteiger partial charge in [0, 0.05) is 25.3 Å². The van der Waals surface area contributed by atoms with Gasteiger partial charge in [-0.05, 0) is 42.3 Å². The summed E-state index contributed by atoms with van der Waals surface area (Å²) in [5.41, 5.74) is 0.576. The number of methoxy groups -OCH3 is 2. The second kappa shape index (κ2) is 9.28. The first-order valence-electron chi connectivity index (χ1n) is 9.25. The van der Waals surface area contributed by atoms with Crippen molar-refractivity contribution in [1.29, 1.82) is 0 Å². The Balaban J connectivity index is 2.18. The Bertz CT molecular complexity index is 990. The summed E-state index contributed by atoms with van der Waals surface area (Å²) in [6, 6.07) is 9.16. The summed E-state index contributed by atoms with van der Waals surface area (Å²) in [7, 11) is 2.96. The molecular weight excluding hydrogens is 413 g/mol. The number of benzene rings is 2. The fourth-order valence-corrected chi connectivity index (χ4v) is 3.66. The van der Waals surface area contributed by atoms with Gasteiger partial charge in [0.2, 0.25) is 0 Å². The summed E-state index contributed by atoms with van der Waals surface area (Å²) in [6.45, 7) is 0.616. The standard InChI is InChI=1S/C22H21ClFNO5/c1-29-11-3-10-25-19(13-4-7-15(24)8-5-13)18(21(27)22(25)28)20(26)16-12-14(23)6-9-17(16)30-2/h4-9,12,19,26H,3,10-11H2,1-2H3/b20-18+. The van der Waals surface area contributed by atoms with Gasteiger partial charge in [-0.15, -0.1) is 0 Å². The minimum Gasteiger partial charge on any atom is -0.507 e. The zero-order valence-electron chi connectivity index (χ0n) is 16.5. The molecule has 1 aliphatic rings. The van der Waals surface area contributed by atoms with E-state index < -0.39 is 29.3 Å². The Labute approximate surface area is 178 Å². The number of nitrogens with zero attached hydrogens (tertiary/aromatic N) is 1. The smallest absolute Gasteiger partial charge is 0.295 e. The molecule has 1 unspecified atom stereocenters. The number of ketones is 1. The molecular formula is C22H21ClFNO5. The molecule has 30 heavy (non-hydrogen) atoms. The van der Waals surface area contributed by atoms with Crippen LogP contribution in [0, 0.1) is 5.82 Å². The molecule has 3 rings (SSSR count). The van der Waals surface area contributed by atoms with Gasteiger partial charge >= 0.3 is 0 Å². The van der Waals surface area contributed by atoms with Gasteiger partial charge in [0.15, 0.2) is 0 Å². The minimum atomic E-state index is -0.883. The zero-order valence-corrected chi connectivity index (χ0v) is 17.3. The third-order valence-corrected chi connectivity index (χ3v) is 5.12. The predicted molar refractivity (Wildman–Crippen MR) is 110 cm³/mol. The topological polar surface area (TPSA) is 76.1 Å². The lowest BCUT2D eigenvalue weighted by Crippen LogP contribution is -2.31. The quantitative estimate of drug-likeness (QED) is 0.310. The largest absolute Gasteiger partial charge is 0.507 e. The van der Waals surface area contributed by atoms with E-state index in [2.05, 4.69) is 0 Å². The van der Waals surface area contributed by atoms with Crippen LogP contribution in [0.5, 0.6) is 5.75 Å². The van der Waals surface area contributed by atoms with E-state index in [4.69, 9.17) is 21.1 Å². The fraction of sp³-hybridized carbons (Fsp3) is 0.273. The number of carbonyl (C=O) groups excluding carboxylic acids is 2. The van der Waals surface area contributed by atoms with Crippen molar-refractivity contribution >= 4 is 29.1 Å². The molecule has 2 aromatic carbocycles. The molecule has 1 aliphatic heterocycles. The van der Waals surface area contributed by atoms with Crippen molar-refractivity contribution in [3.05, 3.63) is 70.0 Å². The maximum Gasteiger partial charge on any atom is 0.295 e. The van der Waals surface area contributed by atoms with E-state index in [1.54, 1.807) is 12.1 Å². The highest BCUT2D eigenvalue weighted by Gasteiger charge is 2.46. The molecule has 1 amide bonds. The van der Waals surface area contributed by atoms with Crippen LogP contribution < -0.4 is 4.74 Å². The van der Waals surface area contributed by atoms with Crippen LogP contribution in [-0.4, -0.2) is 49.1 Å². The lowest BCUT2D eigenvalue weighted by atomic mass is 9.95. The Morgan fingerprint density at radius 3 is 2.50 bits per heavy atom. The number of amides is 1. The number of likely N-dealkylation sites (tertiary alicyclic amines) is 1. The highest BCUT2D eigenvalue weighted by atomic mass is 35.5. The van der Waals surface area contributed by atoms with Gasteiger partial charge in [0.05, 0.1) is 24.3 Å². The van der Waals surface area contributed by atoms with Gasteiger partial charge in [-0.1, -0.05) is 23.7 Å². The van der Waals surface area contributed by atoms with Crippen molar-refractivity contribution < 1.29 is 28.6 Å². The van der Waals surface area contributed by atoms with Crippen molar-refractivity contribution in [3.8, 4) is 5.75 Å².